The zero-order chi connectivity index (χ0) is 13.8. The molecule has 2 heteroatoms. The third-order valence-corrected chi connectivity index (χ3v) is 5.81. The van der Waals surface area contributed by atoms with E-state index in [4.69, 9.17) is 5.73 Å². The lowest BCUT2D eigenvalue weighted by Gasteiger charge is -2.34. The van der Waals surface area contributed by atoms with Gasteiger partial charge in [-0.05, 0) is 50.7 Å². The van der Waals surface area contributed by atoms with Crippen molar-refractivity contribution >= 4 is 11.8 Å². The summed E-state index contributed by atoms with van der Waals surface area (Å²) >= 11 is 2.01. The number of rotatable bonds is 4. The van der Waals surface area contributed by atoms with E-state index in [0.29, 0.717) is 11.3 Å². The van der Waals surface area contributed by atoms with Crippen molar-refractivity contribution < 1.29 is 0 Å². The molecule has 0 spiro atoms. The Morgan fingerprint density at radius 2 is 2.05 bits per heavy atom. The SMILES string of the molecule is CCCC1CCC(N)C(Sc2ccc(C)cc2C)C1. The molecule has 0 radical (unpaired) electrons. The number of nitrogens with two attached hydrogens (primary N) is 1. The highest BCUT2D eigenvalue weighted by atomic mass is 32.2. The van der Waals surface area contributed by atoms with E-state index in [-0.39, 0.29) is 0 Å². The van der Waals surface area contributed by atoms with E-state index in [1.165, 1.54) is 48.1 Å². The minimum atomic E-state index is 0.374. The summed E-state index contributed by atoms with van der Waals surface area (Å²) in [4.78, 5) is 1.42. The van der Waals surface area contributed by atoms with Crippen molar-refractivity contribution in [3.8, 4) is 0 Å². The predicted molar refractivity (Wildman–Crippen MR) is 85.8 cm³/mol. The second kappa shape index (κ2) is 6.81. The van der Waals surface area contributed by atoms with Crippen LogP contribution in [0.1, 0.15) is 50.2 Å². The van der Waals surface area contributed by atoms with Gasteiger partial charge in [0.25, 0.3) is 0 Å². The fourth-order valence-electron chi connectivity index (χ4n) is 3.14. The van der Waals surface area contributed by atoms with Gasteiger partial charge in [0.1, 0.15) is 0 Å². The molecule has 3 atom stereocenters. The molecule has 106 valence electrons. The third kappa shape index (κ3) is 4.00. The van der Waals surface area contributed by atoms with Crippen molar-refractivity contribution in [3.63, 3.8) is 0 Å². The largest absolute Gasteiger partial charge is 0.327 e. The molecule has 1 aliphatic carbocycles. The normalized spacial score (nSPS) is 27.5. The first-order valence-electron chi connectivity index (χ1n) is 7.59. The van der Waals surface area contributed by atoms with Crippen LogP contribution in [-0.2, 0) is 0 Å². The van der Waals surface area contributed by atoms with Crippen LogP contribution in [0.25, 0.3) is 0 Å². The van der Waals surface area contributed by atoms with Crippen LogP contribution in [0.2, 0.25) is 0 Å². The van der Waals surface area contributed by atoms with Crippen molar-refractivity contribution in [2.24, 2.45) is 11.7 Å². The number of thioether (sulfide) groups is 1. The highest BCUT2D eigenvalue weighted by Gasteiger charge is 2.28. The Kier molecular flexibility index (Phi) is 5.35. The number of hydrogen-bond donors (Lipinski definition) is 1. The summed E-state index contributed by atoms with van der Waals surface area (Å²) in [5, 5.41) is 0.603. The summed E-state index contributed by atoms with van der Waals surface area (Å²) in [5.41, 5.74) is 9.09. The Balaban J connectivity index is 2.03. The Labute approximate surface area is 122 Å². The smallest absolute Gasteiger partial charge is 0.0249 e. The van der Waals surface area contributed by atoms with Gasteiger partial charge >= 0.3 is 0 Å². The van der Waals surface area contributed by atoms with Crippen LogP contribution < -0.4 is 5.73 Å². The molecule has 0 bridgehead atoms. The molecule has 1 aromatic carbocycles. The number of aryl methyl sites for hydroxylation is 2. The van der Waals surface area contributed by atoms with Crippen molar-refractivity contribution in [1.82, 2.24) is 0 Å². The van der Waals surface area contributed by atoms with Crippen molar-refractivity contribution in [3.05, 3.63) is 29.3 Å². The van der Waals surface area contributed by atoms with E-state index in [1.54, 1.807) is 0 Å². The summed E-state index contributed by atoms with van der Waals surface area (Å²) in [7, 11) is 0. The van der Waals surface area contributed by atoms with Gasteiger partial charge in [0.2, 0.25) is 0 Å². The average Bonchev–Trinajstić information content (AvgIpc) is 2.37. The molecular weight excluding hydrogens is 250 g/mol. The summed E-state index contributed by atoms with van der Waals surface area (Å²) in [6, 6.07) is 7.14. The number of benzene rings is 1. The fourth-order valence-corrected chi connectivity index (χ4v) is 4.53. The average molecular weight is 277 g/mol. The molecule has 1 aliphatic rings. The Morgan fingerprint density at radius 3 is 2.74 bits per heavy atom. The maximum atomic E-state index is 6.34. The quantitative estimate of drug-likeness (QED) is 0.864. The van der Waals surface area contributed by atoms with Gasteiger partial charge in [-0.2, -0.15) is 0 Å². The van der Waals surface area contributed by atoms with E-state index in [0.717, 1.165) is 5.92 Å². The van der Waals surface area contributed by atoms with Crippen LogP contribution >= 0.6 is 11.8 Å². The monoisotopic (exact) mass is 277 g/mol. The van der Waals surface area contributed by atoms with Gasteiger partial charge in [-0.15, -0.1) is 11.8 Å². The van der Waals surface area contributed by atoms with Crippen molar-refractivity contribution in [2.45, 2.75) is 69.1 Å². The first kappa shape index (κ1) is 14.9. The third-order valence-electron chi connectivity index (χ3n) is 4.26. The minimum Gasteiger partial charge on any atom is -0.327 e. The molecular formula is C17H27NS. The van der Waals surface area contributed by atoms with Crippen molar-refractivity contribution in [2.75, 3.05) is 0 Å². The van der Waals surface area contributed by atoms with E-state index in [9.17, 15) is 0 Å². The van der Waals surface area contributed by atoms with Crippen LogP contribution in [-0.4, -0.2) is 11.3 Å². The van der Waals surface area contributed by atoms with Crippen LogP contribution in [0, 0.1) is 19.8 Å². The second-order valence-electron chi connectivity index (χ2n) is 6.06. The molecule has 0 aliphatic heterocycles. The maximum absolute atomic E-state index is 6.34. The predicted octanol–water partition coefficient (Wildman–Crippen LogP) is 4.69. The molecule has 0 amide bonds. The van der Waals surface area contributed by atoms with Crippen LogP contribution in [0.15, 0.2) is 23.1 Å². The maximum Gasteiger partial charge on any atom is 0.0249 e. The molecule has 0 heterocycles. The van der Waals surface area contributed by atoms with Gasteiger partial charge in [0.15, 0.2) is 0 Å². The zero-order valence-corrected chi connectivity index (χ0v) is 13.3. The lowest BCUT2D eigenvalue weighted by molar-refractivity contribution is 0.317. The Morgan fingerprint density at radius 1 is 1.26 bits per heavy atom. The molecule has 1 fully saturated rings. The van der Waals surface area contributed by atoms with Gasteiger partial charge in [0, 0.05) is 16.2 Å². The van der Waals surface area contributed by atoms with Gasteiger partial charge in [-0.25, -0.2) is 0 Å². The highest BCUT2D eigenvalue weighted by molar-refractivity contribution is 8.00. The molecule has 1 aromatic rings. The molecule has 2 N–H and O–H groups in total. The van der Waals surface area contributed by atoms with Gasteiger partial charge in [0.05, 0.1) is 0 Å². The first-order chi connectivity index (χ1) is 9.10. The molecule has 2 rings (SSSR count). The summed E-state index contributed by atoms with van der Waals surface area (Å²) in [5.74, 6) is 0.896. The minimum absolute atomic E-state index is 0.374. The molecule has 0 saturated heterocycles. The molecule has 1 saturated carbocycles. The summed E-state index contributed by atoms with van der Waals surface area (Å²) in [6.45, 7) is 6.67. The van der Waals surface area contributed by atoms with E-state index >= 15 is 0 Å². The van der Waals surface area contributed by atoms with Crippen LogP contribution in [0.3, 0.4) is 0 Å². The number of hydrogen-bond acceptors (Lipinski definition) is 2. The van der Waals surface area contributed by atoms with E-state index < -0.39 is 0 Å². The standard InChI is InChI=1S/C17H27NS/c1-4-5-14-7-8-15(18)17(11-14)19-16-9-6-12(2)10-13(16)3/h6,9-10,14-15,17H,4-5,7-8,11,18H2,1-3H3. The van der Waals surface area contributed by atoms with Gasteiger partial charge in [-0.1, -0.05) is 37.5 Å². The summed E-state index contributed by atoms with van der Waals surface area (Å²) < 4.78 is 0. The Hall–Kier alpha value is -0.470. The van der Waals surface area contributed by atoms with Crippen molar-refractivity contribution in [1.29, 1.82) is 0 Å². The lowest BCUT2D eigenvalue weighted by atomic mass is 9.83. The molecule has 1 nitrogen and oxygen atoms in total. The van der Waals surface area contributed by atoms with E-state index in [2.05, 4.69) is 39.0 Å². The zero-order valence-electron chi connectivity index (χ0n) is 12.5. The highest BCUT2D eigenvalue weighted by Crippen LogP contribution is 2.38. The lowest BCUT2D eigenvalue weighted by Crippen LogP contribution is -2.38. The van der Waals surface area contributed by atoms with Gasteiger partial charge in [-0.3, -0.25) is 0 Å². The molecule has 19 heavy (non-hydrogen) atoms. The van der Waals surface area contributed by atoms with Gasteiger partial charge < -0.3 is 5.73 Å². The summed E-state index contributed by atoms with van der Waals surface area (Å²) in [6.07, 6.45) is 6.51. The van der Waals surface area contributed by atoms with Crippen LogP contribution in [0.5, 0.6) is 0 Å². The van der Waals surface area contributed by atoms with Crippen LogP contribution in [0.4, 0.5) is 0 Å². The Bertz CT molecular complexity index is 416. The fraction of sp³-hybridized carbons (Fsp3) is 0.647. The molecule has 0 aromatic heterocycles. The topological polar surface area (TPSA) is 26.0 Å². The van der Waals surface area contributed by atoms with E-state index in [1.807, 2.05) is 11.8 Å². The molecule has 3 unspecified atom stereocenters. The second-order valence-corrected chi connectivity index (χ2v) is 7.34. The first-order valence-corrected chi connectivity index (χ1v) is 8.47.